The summed E-state index contributed by atoms with van der Waals surface area (Å²) in [5.74, 6) is 0.465. The molecule has 5 nitrogen and oxygen atoms in total. The van der Waals surface area contributed by atoms with Crippen molar-refractivity contribution in [1.82, 2.24) is 14.8 Å². The van der Waals surface area contributed by atoms with E-state index in [2.05, 4.69) is 16.3 Å². The fourth-order valence-corrected chi connectivity index (χ4v) is 3.85. The van der Waals surface area contributed by atoms with E-state index < -0.39 is 0 Å². The molecule has 2 atom stereocenters. The van der Waals surface area contributed by atoms with Gasteiger partial charge in [0.1, 0.15) is 0 Å². The fraction of sp³-hybridized carbons (Fsp3) is 0.471. The molecule has 0 spiro atoms. The van der Waals surface area contributed by atoms with Crippen molar-refractivity contribution in [2.24, 2.45) is 5.92 Å². The number of hydrogen-bond acceptors (Lipinski definition) is 4. The third-order valence-corrected chi connectivity index (χ3v) is 5.67. The van der Waals surface area contributed by atoms with Gasteiger partial charge < -0.3 is 4.90 Å². The molecular weight excluding hydrogens is 308 g/mol. The molecule has 0 radical (unpaired) electrons. The van der Waals surface area contributed by atoms with Crippen molar-refractivity contribution in [3.8, 4) is 5.69 Å². The molecule has 2 aromatic rings. The molecule has 2 aliphatic rings. The first-order valence-corrected chi connectivity index (χ1v) is 9.30. The summed E-state index contributed by atoms with van der Waals surface area (Å²) in [7, 11) is 0. The zero-order valence-corrected chi connectivity index (χ0v) is 14.2. The van der Waals surface area contributed by atoms with Crippen molar-refractivity contribution < 1.29 is 4.79 Å². The van der Waals surface area contributed by atoms with Gasteiger partial charge in [0, 0.05) is 17.5 Å². The van der Waals surface area contributed by atoms with Crippen LogP contribution in [-0.4, -0.2) is 38.2 Å². The van der Waals surface area contributed by atoms with Crippen LogP contribution >= 0.6 is 11.8 Å². The molecular formula is C17H20N4OS. The van der Waals surface area contributed by atoms with Crippen molar-refractivity contribution >= 4 is 23.4 Å². The highest BCUT2D eigenvalue weighted by Crippen LogP contribution is 2.45. The molecule has 2 aromatic heterocycles. The van der Waals surface area contributed by atoms with E-state index in [0.29, 0.717) is 11.3 Å². The summed E-state index contributed by atoms with van der Waals surface area (Å²) in [4.78, 5) is 19.1. The molecule has 0 saturated heterocycles. The highest BCUT2D eigenvalue weighted by atomic mass is 32.2. The Morgan fingerprint density at radius 2 is 2.26 bits per heavy atom. The molecule has 120 valence electrons. The van der Waals surface area contributed by atoms with Gasteiger partial charge in [-0.15, -0.1) is 0 Å². The molecule has 2 saturated carbocycles. The van der Waals surface area contributed by atoms with Gasteiger partial charge in [-0.1, -0.05) is 0 Å². The Labute approximate surface area is 140 Å². The van der Waals surface area contributed by atoms with E-state index in [0.717, 1.165) is 36.3 Å². The topological polar surface area (TPSA) is 51.0 Å². The summed E-state index contributed by atoms with van der Waals surface area (Å²) in [6, 6.07) is 4.22. The molecule has 2 fully saturated rings. The van der Waals surface area contributed by atoms with Gasteiger partial charge >= 0.3 is 0 Å². The molecule has 4 rings (SSSR count). The molecule has 0 aromatic carbocycles. The van der Waals surface area contributed by atoms with Gasteiger partial charge in [0.25, 0.3) is 0 Å². The van der Waals surface area contributed by atoms with Gasteiger partial charge in [0.05, 0.1) is 35.4 Å². The van der Waals surface area contributed by atoms with Crippen molar-refractivity contribution in [2.75, 3.05) is 11.2 Å². The molecule has 2 aliphatic carbocycles. The molecule has 2 heterocycles. The van der Waals surface area contributed by atoms with E-state index in [9.17, 15) is 4.79 Å². The van der Waals surface area contributed by atoms with Crippen LogP contribution in [0.1, 0.15) is 25.0 Å². The lowest BCUT2D eigenvalue weighted by atomic mass is 10.2. The molecule has 1 amide bonds. The predicted molar refractivity (Wildman–Crippen MR) is 92.0 cm³/mol. The summed E-state index contributed by atoms with van der Waals surface area (Å²) in [6.07, 6.45) is 10.8. The molecule has 2 unspecified atom stereocenters. The number of carbonyl (C=O) groups excluding carboxylic acids is 1. The van der Waals surface area contributed by atoms with Gasteiger partial charge in [0.2, 0.25) is 5.91 Å². The molecule has 0 bridgehead atoms. The van der Waals surface area contributed by atoms with Gasteiger partial charge in [-0.2, -0.15) is 16.9 Å². The number of pyridine rings is 1. The van der Waals surface area contributed by atoms with Crippen LogP contribution in [0.3, 0.4) is 0 Å². The lowest BCUT2D eigenvalue weighted by Crippen LogP contribution is -2.35. The average molecular weight is 328 g/mol. The summed E-state index contributed by atoms with van der Waals surface area (Å²) in [6.45, 7) is 1.98. The second kappa shape index (κ2) is 5.67. The zero-order chi connectivity index (χ0) is 16.0. The smallest absolute Gasteiger partial charge is 0.231 e. The Hall–Kier alpha value is -1.82. The average Bonchev–Trinajstić information content (AvgIpc) is 3.48. The van der Waals surface area contributed by atoms with Crippen molar-refractivity contribution in [2.45, 2.75) is 37.5 Å². The van der Waals surface area contributed by atoms with E-state index in [1.165, 1.54) is 0 Å². The number of aryl methyl sites for hydroxylation is 1. The maximum absolute atomic E-state index is 12.9. The maximum Gasteiger partial charge on any atom is 0.231 e. The Morgan fingerprint density at radius 1 is 1.43 bits per heavy atom. The lowest BCUT2D eigenvalue weighted by molar-refractivity contribution is -0.119. The monoisotopic (exact) mass is 328 g/mol. The van der Waals surface area contributed by atoms with Crippen LogP contribution in [0, 0.1) is 12.8 Å². The Balaban J connectivity index is 1.65. The van der Waals surface area contributed by atoms with Crippen LogP contribution in [-0.2, 0) is 4.79 Å². The van der Waals surface area contributed by atoms with E-state index in [4.69, 9.17) is 0 Å². The van der Waals surface area contributed by atoms with Crippen LogP contribution in [0.5, 0.6) is 0 Å². The van der Waals surface area contributed by atoms with Crippen LogP contribution in [0.4, 0.5) is 5.69 Å². The molecule has 0 N–H and O–H groups in total. The normalized spacial score (nSPS) is 22.9. The lowest BCUT2D eigenvalue weighted by Gasteiger charge is -2.21. The number of aromatic nitrogens is 3. The number of amides is 1. The van der Waals surface area contributed by atoms with Crippen LogP contribution in [0.2, 0.25) is 0 Å². The third kappa shape index (κ3) is 2.76. The quantitative estimate of drug-likeness (QED) is 0.847. The number of nitrogens with zero attached hydrogens (tertiary/aromatic N) is 4. The SMILES string of the molecule is CSC1CC1C(=O)N(c1cn(-c2cccnc2)nc1C)C1CC1. The standard InChI is InChI=1S/C17H20N4OS/c1-11-15(10-20(19-11)13-4-3-7-18-9-13)21(12-5-6-12)17(22)14-8-16(14)23-2/h3-4,7,9-10,12,14,16H,5-6,8H2,1-2H3. The minimum atomic E-state index is 0.187. The van der Waals surface area contributed by atoms with Gasteiger partial charge in [-0.05, 0) is 44.6 Å². The van der Waals surface area contributed by atoms with Crippen molar-refractivity contribution in [3.63, 3.8) is 0 Å². The first-order chi connectivity index (χ1) is 11.2. The molecule has 0 aliphatic heterocycles. The second-order valence-electron chi connectivity index (χ2n) is 6.31. The Bertz CT molecular complexity index is 725. The van der Waals surface area contributed by atoms with Crippen LogP contribution in [0.25, 0.3) is 5.69 Å². The van der Waals surface area contributed by atoms with Crippen LogP contribution in [0.15, 0.2) is 30.7 Å². The van der Waals surface area contributed by atoms with E-state index >= 15 is 0 Å². The van der Waals surface area contributed by atoms with Crippen molar-refractivity contribution in [1.29, 1.82) is 0 Å². The van der Waals surface area contributed by atoms with Gasteiger partial charge in [0.15, 0.2) is 0 Å². The third-order valence-electron chi connectivity index (χ3n) is 4.54. The molecule has 23 heavy (non-hydrogen) atoms. The number of rotatable bonds is 5. The minimum absolute atomic E-state index is 0.187. The Kier molecular flexibility index (Phi) is 3.64. The predicted octanol–water partition coefficient (Wildman–Crippen LogP) is 2.82. The highest BCUT2D eigenvalue weighted by Gasteiger charge is 2.48. The summed E-state index contributed by atoms with van der Waals surface area (Å²) >= 11 is 1.80. The fourth-order valence-electron chi connectivity index (χ4n) is 3.01. The van der Waals surface area contributed by atoms with Crippen molar-refractivity contribution in [3.05, 3.63) is 36.4 Å². The Morgan fingerprint density at radius 3 is 2.87 bits per heavy atom. The number of carbonyl (C=O) groups is 1. The molecule has 6 heteroatoms. The van der Waals surface area contributed by atoms with Crippen LogP contribution < -0.4 is 4.90 Å². The second-order valence-corrected chi connectivity index (χ2v) is 7.39. The summed E-state index contributed by atoms with van der Waals surface area (Å²) < 4.78 is 1.82. The maximum atomic E-state index is 12.9. The number of hydrogen-bond donors (Lipinski definition) is 0. The largest absolute Gasteiger partial charge is 0.306 e. The van der Waals surface area contributed by atoms with Gasteiger partial charge in [-0.3, -0.25) is 9.78 Å². The number of anilines is 1. The first kappa shape index (κ1) is 14.8. The minimum Gasteiger partial charge on any atom is -0.306 e. The summed E-state index contributed by atoms with van der Waals surface area (Å²) in [5, 5.41) is 5.09. The first-order valence-electron chi connectivity index (χ1n) is 8.01. The summed E-state index contributed by atoms with van der Waals surface area (Å²) in [5.41, 5.74) is 2.77. The van der Waals surface area contributed by atoms with Gasteiger partial charge in [-0.25, -0.2) is 4.68 Å². The highest BCUT2D eigenvalue weighted by molar-refractivity contribution is 7.99. The number of thioether (sulfide) groups is 1. The van der Waals surface area contributed by atoms with E-state index in [1.807, 2.05) is 34.8 Å². The zero-order valence-electron chi connectivity index (χ0n) is 13.3. The van der Waals surface area contributed by atoms with E-state index in [1.54, 1.807) is 24.2 Å². The van der Waals surface area contributed by atoms with E-state index in [-0.39, 0.29) is 11.8 Å².